The lowest BCUT2D eigenvalue weighted by Gasteiger charge is -2.12. The van der Waals surface area contributed by atoms with Crippen LogP contribution in [0.1, 0.15) is 36.8 Å². The van der Waals surface area contributed by atoms with Gasteiger partial charge in [-0.25, -0.2) is 4.68 Å². The molecule has 124 valence electrons. The van der Waals surface area contributed by atoms with Crippen LogP contribution in [0.3, 0.4) is 0 Å². The van der Waals surface area contributed by atoms with E-state index in [0.29, 0.717) is 29.2 Å². The van der Waals surface area contributed by atoms with Gasteiger partial charge >= 0.3 is 0 Å². The number of aromatic hydroxyl groups is 1. The standard InChI is InChI=1S/C17H18N4O3/c1-3-24-17-18-15-12(16(23)19-17)8-21(20-15)14-11(10-4-5-10)6-9(2)7-13(14)22/h6-8,10,22H,3-5H2,1-2H3,(H,18,19,20,23). The first kappa shape index (κ1) is 14.7. The van der Waals surface area contributed by atoms with E-state index in [0.717, 1.165) is 24.0 Å². The number of aromatic amines is 1. The van der Waals surface area contributed by atoms with Crippen molar-refractivity contribution in [1.29, 1.82) is 0 Å². The molecule has 1 fully saturated rings. The molecule has 0 bridgehead atoms. The Kier molecular flexibility index (Phi) is 3.30. The van der Waals surface area contributed by atoms with Crippen molar-refractivity contribution in [1.82, 2.24) is 19.7 Å². The lowest BCUT2D eigenvalue weighted by Crippen LogP contribution is -2.09. The first-order valence-electron chi connectivity index (χ1n) is 8.03. The van der Waals surface area contributed by atoms with Gasteiger partial charge < -0.3 is 9.84 Å². The average molecular weight is 326 g/mol. The van der Waals surface area contributed by atoms with Gasteiger partial charge in [0.25, 0.3) is 11.6 Å². The number of hydrogen-bond acceptors (Lipinski definition) is 5. The number of phenolic OH excluding ortho intramolecular Hbond substituents is 1. The molecular formula is C17H18N4O3. The maximum absolute atomic E-state index is 12.2. The molecule has 0 unspecified atom stereocenters. The van der Waals surface area contributed by atoms with Crippen LogP contribution in [0.4, 0.5) is 0 Å². The summed E-state index contributed by atoms with van der Waals surface area (Å²) in [6.07, 6.45) is 3.81. The molecule has 4 rings (SSSR count). The summed E-state index contributed by atoms with van der Waals surface area (Å²) in [4.78, 5) is 19.0. The zero-order valence-electron chi connectivity index (χ0n) is 13.5. The van der Waals surface area contributed by atoms with Gasteiger partial charge in [0.2, 0.25) is 0 Å². The summed E-state index contributed by atoms with van der Waals surface area (Å²) < 4.78 is 6.80. The van der Waals surface area contributed by atoms with Crippen LogP contribution >= 0.6 is 0 Å². The topological polar surface area (TPSA) is 93.0 Å². The van der Waals surface area contributed by atoms with Crippen LogP contribution in [0, 0.1) is 6.92 Å². The van der Waals surface area contributed by atoms with Gasteiger partial charge in [-0.1, -0.05) is 6.07 Å². The highest BCUT2D eigenvalue weighted by atomic mass is 16.5. The minimum Gasteiger partial charge on any atom is -0.506 e. The summed E-state index contributed by atoms with van der Waals surface area (Å²) >= 11 is 0. The fourth-order valence-corrected chi connectivity index (χ4v) is 2.96. The lowest BCUT2D eigenvalue weighted by atomic mass is 10.0. The normalized spacial score (nSPS) is 14.2. The molecule has 7 heteroatoms. The molecular weight excluding hydrogens is 308 g/mol. The van der Waals surface area contributed by atoms with Crippen molar-refractivity contribution in [3.8, 4) is 17.4 Å². The third-order valence-corrected chi connectivity index (χ3v) is 4.16. The van der Waals surface area contributed by atoms with Crippen molar-refractivity contribution in [3.63, 3.8) is 0 Å². The fraction of sp³-hybridized carbons (Fsp3) is 0.353. The molecule has 0 atom stereocenters. The van der Waals surface area contributed by atoms with Gasteiger partial charge in [-0.15, -0.1) is 5.10 Å². The number of nitrogens with zero attached hydrogens (tertiary/aromatic N) is 3. The molecule has 24 heavy (non-hydrogen) atoms. The maximum Gasteiger partial charge on any atom is 0.298 e. The second-order valence-electron chi connectivity index (χ2n) is 6.11. The fourth-order valence-electron chi connectivity index (χ4n) is 2.96. The van der Waals surface area contributed by atoms with Crippen molar-refractivity contribution in [2.45, 2.75) is 32.6 Å². The number of fused-ring (bicyclic) bond motifs is 1. The van der Waals surface area contributed by atoms with Crippen molar-refractivity contribution < 1.29 is 9.84 Å². The minimum atomic E-state index is -0.311. The van der Waals surface area contributed by atoms with E-state index >= 15 is 0 Å². The van der Waals surface area contributed by atoms with Crippen LogP contribution in [0.2, 0.25) is 0 Å². The van der Waals surface area contributed by atoms with Crippen LogP contribution < -0.4 is 10.3 Å². The molecule has 0 saturated heterocycles. The number of H-pyrrole nitrogens is 1. The number of ether oxygens (including phenoxy) is 1. The molecule has 0 spiro atoms. The van der Waals surface area contributed by atoms with E-state index in [-0.39, 0.29) is 17.3 Å². The number of benzene rings is 1. The highest BCUT2D eigenvalue weighted by molar-refractivity contribution is 5.74. The molecule has 1 aliphatic rings. The predicted octanol–water partition coefficient (Wildman–Crippen LogP) is 2.40. The lowest BCUT2D eigenvalue weighted by molar-refractivity contribution is 0.313. The minimum absolute atomic E-state index is 0.149. The third-order valence-electron chi connectivity index (χ3n) is 4.16. The van der Waals surface area contributed by atoms with Gasteiger partial charge in [0.05, 0.1) is 6.61 Å². The summed E-state index contributed by atoms with van der Waals surface area (Å²) in [6.45, 7) is 4.17. The molecule has 2 heterocycles. The van der Waals surface area contributed by atoms with E-state index in [1.54, 1.807) is 16.9 Å². The number of phenols is 1. The van der Waals surface area contributed by atoms with Gasteiger partial charge in [-0.05, 0) is 49.8 Å². The van der Waals surface area contributed by atoms with E-state index in [1.807, 2.05) is 13.8 Å². The number of nitrogens with one attached hydrogen (secondary N) is 1. The van der Waals surface area contributed by atoms with Crippen molar-refractivity contribution >= 4 is 11.0 Å². The second kappa shape index (κ2) is 5.36. The highest BCUT2D eigenvalue weighted by Gasteiger charge is 2.29. The molecule has 3 aromatic rings. The van der Waals surface area contributed by atoms with E-state index in [4.69, 9.17) is 4.74 Å². The predicted molar refractivity (Wildman–Crippen MR) is 89.0 cm³/mol. The molecule has 2 aromatic heterocycles. The summed E-state index contributed by atoms with van der Waals surface area (Å²) in [5.41, 5.74) is 2.67. The van der Waals surface area contributed by atoms with Gasteiger partial charge in [-0.2, -0.15) is 4.98 Å². The molecule has 0 radical (unpaired) electrons. The summed E-state index contributed by atoms with van der Waals surface area (Å²) in [7, 11) is 0. The Balaban J connectivity index is 1.91. The Morgan fingerprint density at radius 2 is 2.21 bits per heavy atom. The molecule has 0 aliphatic heterocycles. The molecule has 7 nitrogen and oxygen atoms in total. The van der Waals surface area contributed by atoms with Crippen LogP contribution in [0.5, 0.6) is 11.8 Å². The van der Waals surface area contributed by atoms with Gasteiger partial charge in [0, 0.05) is 6.20 Å². The maximum atomic E-state index is 12.2. The zero-order chi connectivity index (χ0) is 16.8. The quantitative estimate of drug-likeness (QED) is 0.768. The molecule has 1 saturated carbocycles. The second-order valence-corrected chi connectivity index (χ2v) is 6.11. The van der Waals surface area contributed by atoms with E-state index in [9.17, 15) is 9.90 Å². The number of hydrogen-bond donors (Lipinski definition) is 2. The van der Waals surface area contributed by atoms with E-state index < -0.39 is 0 Å². The molecule has 2 N–H and O–H groups in total. The Morgan fingerprint density at radius 1 is 1.42 bits per heavy atom. The van der Waals surface area contributed by atoms with Gasteiger partial charge in [-0.3, -0.25) is 9.78 Å². The molecule has 1 aliphatic carbocycles. The Morgan fingerprint density at radius 3 is 2.92 bits per heavy atom. The Labute approximate surface area is 137 Å². The van der Waals surface area contributed by atoms with Gasteiger partial charge in [0.15, 0.2) is 5.65 Å². The Bertz CT molecular complexity index is 985. The van der Waals surface area contributed by atoms with E-state index in [1.165, 1.54) is 0 Å². The Hall–Kier alpha value is -2.83. The smallest absolute Gasteiger partial charge is 0.298 e. The first-order chi connectivity index (χ1) is 11.6. The van der Waals surface area contributed by atoms with Crippen LogP contribution in [-0.4, -0.2) is 31.5 Å². The SMILES string of the molecule is CCOc1nc2nn(-c3c(O)cc(C)cc3C3CC3)cc2c(=O)[nH]1. The van der Waals surface area contributed by atoms with Crippen LogP contribution in [0.15, 0.2) is 23.1 Å². The zero-order valence-corrected chi connectivity index (χ0v) is 13.5. The molecule has 0 amide bonds. The van der Waals surface area contributed by atoms with Crippen molar-refractivity contribution in [2.24, 2.45) is 0 Å². The summed E-state index contributed by atoms with van der Waals surface area (Å²) in [5.74, 6) is 0.592. The summed E-state index contributed by atoms with van der Waals surface area (Å²) in [6, 6.07) is 3.93. The number of rotatable bonds is 4. The monoisotopic (exact) mass is 326 g/mol. The first-order valence-corrected chi connectivity index (χ1v) is 8.03. The largest absolute Gasteiger partial charge is 0.506 e. The number of aromatic nitrogens is 4. The number of aryl methyl sites for hydroxylation is 1. The average Bonchev–Trinajstić information content (AvgIpc) is 3.27. The van der Waals surface area contributed by atoms with Gasteiger partial charge in [0.1, 0.15) is 16.8 Å². The van der Waals surface area contributed by atoms with E-state index in [2.05, 4.69) is 21.1 Å². The molecule has 1 aromatic carbocycles. The highest BCUT2D eigenvalue weighted by Crippen LogP contribution is 2.45. The van der Waals surface area contributed by atoms with Crippen molar-refractivity contribution in [3.05, 3.63) is 39.8 Å². The van der Waals surface area contributed by atoms with Crippen LogP contribution in [0.25, 0.3) is 16.7 Å². The summed E-state index contributed by atoms with van der Waals surface area (Å²) in [5, 5.41) is 15.2. The van der Waals surface area contributed by atoms with Crippen LogP contribution in [-0.2, 0) is 0 Å². The third kappa shape index (κ3) is 2.42. The van der Waals surface area contributed by atoms with Crippen molar-refractivity contribution in [2.75, 3.05) is 6.61 Å².